The van der Waals surface area contributed by atoms with Gasteiger partial charge >= 0.3 is 5.97 Å². The van der Waals surface area contributed by atoms with Crippen molar-refractivity contribution in [3.63, 3.8) is 0 Å². The maximum atomic E-state index is 10.3. The Morgan fingerprint density at radius 2 is 1.19 bits per heavy atom. The van der Waals surface area contributed by atoms with E-state index in [1.165, 1.54) is 7.11 Å². The van der Waals surface area contributed by atoms with Crippen LogP contribution in [0.15, 0.2) is 70.6 Å². The zero-order valence-electron chi connectivity index (χ0n) is 24.3. The summed E-state index contributed by atoms with van der Waals surface area (Å²) >= 11 is 26.1. The van der Waals surface area contributed by atoms with Gasteiger partial charge in [-0.15, -0.1) is 0 Å². The maximum absolute atomic E-state index is 10.3. The first-order valence-electron chi connectivity index (χ1n) is 12.3. The molecule has 0 saturated heterocycles. The van der Waals surface area contributed by atoms with Crippen molar-refractivity contribution in [3.05, 3.63) is 105 Å². The Bertz CT molecular complexity index is 1640. The van der Waals surface area contributed by atoms with Gasteiger partial charge in [-0.05, 0) is 30.0 Å². The molecule has 0 heterocycles. The summed E-state index contributed by atoms with van der Waals surface area (Å²) in [5, 5.41) is 3.82. The first-order chi connectivity index (χ1) is 19.0. The average molecular weight is 708 g/mol. The summed E-state index contributed by atoms with van der Waals surface area (Å²) in [7, 11) is 2.95. The van der Waals surface area contributed by atoms with Crippen LogP contribution in [-0.2, 0) is 26.0 Å². The minimum atomic E-state index is -0.153. The molecule has 1 aliphatic rings. The van der Waals surface area contributed by atoms with Crippen molar-refractivity contribution in [2.24, 2.45) is 15.9 Å². The summed E-state index contributed by atoms with van der Waals surface area (Å²) in [6.07, 6.45) is 0. The van der Waals surface area contributed by atoms with E-state index in [4.69, 9.17) is 61.1 Å². The van der Waals surface area contributed by atoms with Gasteiger partial charge in [0.1, 0.15) is 17.1 Å². The Balaban J connectivity index is 0.000000831. The molecule has 0 bridgehead atoms. The number of carbonyl (C=O) groups is 1. The van der Waals surface area contributed by atoms with E-state index in [1.54, 1.807) is 33.1 Å². The molecule has 0 aliphatic heterocycles. The quantitative estimate of drug-likeness (QED) is 0.120. The number of halogens is 4. The minimum absolute atomic E-state index is 0. The Labute approximate surface area is 282 Å². The third-order valence-electron chi connectivity index (χ3n) is 6.15. The summed E-state index contributed by atoms with van der Waals surface area (Å²) in [4.78, 5) is 20.1. The molecule has 0 unspecified atom stereocenters. The molecule has 4 aromatic carbocycles. The normalized spacial score (nSPS) is 13.1. The molecule has 6 nitrogen and oxygen atoms in total. The van der Waals surface area contributed by atoms with E-state index in [2.05, 4.69) is 16.9 Å². The van der Waals surface area contributed by atoms with Crippen molar-refractivity contribution in [1.82, 2.24) is 0 Å². The topological polar surface area (TPSA) is 91.8 Å². The molecule has 0 aromatic heterocycles. The number of carbonyl (C=O) groups excluding carboxylic acids is 1. The summed E-state index contributed by atoms with van der Waals surface area (Å²) in [6, 6.07) is 19.2. The number of nitrogens with zero attached hydrogens (tertiary/aromatic N) is 2. The standard InChI is InChI=1S/C26H16Cl4N2O.C5H10O2.CH3.Ni.H2O/c1-13-9-18(27)25(19(28)10-13)31-23-16-7-3-5-14-6-4-8-17(22(14)16)24(23)32-26-20(29)11-15(33-2)12-21(26)30;1-4(2)5(6)7-3;;;/h3-12H,1-2H3;4H,1-3H3;1H3;;1H2/q;;-1;;. The predicted octanol–water partition coefficient (Wildman–Crippen LogP) is 9.46. The number of aliphatic imine (C=N–C) groups is 2. The Kier molecular flexibility index (Phi) is 14.7. The van der Waals surface area contributed by atoms with Crippen LogP contribution in [0.1, 0.15) is 30.5 Å². The fourth-order valence-corrected chi connectivity index (χ4v) is 5.47. The van der Waals surface area contributed by atoms with Crippen molar-refractivity contribution in [1.29, 1.82) is 0 Å². The van der Waals surface area contributed by atoms with Crippen LogP contribution in [-0.4, -0.2) is 37.1 Å². The molecule has 0 radical (unpaired) electrons. The first-order valence-corrected chi connectivity index (χ1v) is 13.8. The predicted molar refractivity (Wildman–Crippen MR) is 177 cm³/mol. The van der Waals surface area contributed by atoms with Gasteiger partial charge in [-0.1, -0.05) is 96.6 Å². The van der Waals surface area contributed by atoms with E-state index in [0.29, 0.717) is 48.6 Å². The SMILES string of the molecule is COC(=O)C(C)C.COc1cc(Cl)c(N=C2C(=Nc3c(Cl)cc(C)cc3Cl)c3cccc4cccc2c34)c(Cl)c1.O.[CH3-].[Ni]. The second kappa shape index (κ2) is 16.4. The number of benzene rings is 4. The molecular weight excluding hydrogens is 677 g/mol. The Morgan fingerprint density at radius 1 is 0.767 bits per heavy atom. The second-order valence-electron chi connectivity index (χ2n) is 9.32. The van der Waals surface area contributed by atoms with Crippen molar-refractivity contribution < 1.29 is 36.2 Å². The van der Waals surface area contributed by atoms with E-state index in [-0.39, 0.29) is 41.3 Å². The third-order valence-corrected chi connectivity index (χ3v) is 7.30. The first kappa shape index (κ1) is 38.4. The van der Waals surface area contributed by atoms with Gasteiger partial charge in [0.05, 0.1) is 51.7 Å². The van der Waals surface area contributed by atoms with E-state index in [1.807, 2.05) is 43.3 Å². The van der Waals surface area contributed by atoms with Crippen molar-refractivity contribution in [3.8, 4) is 5.75 Å². The molecule has 5 rings (SSSR count). The van der Waals surface area contributed by atoms with Crippen LogP contribution in [0, 0.1) is 20.3 Å². The Hall–Kier alpha value is -2.64. The summed E-state index contributed by atoms with van der Waals surface area (Å²) in [5.74, 6) is 0.405. The molecule has 43 heavy (non-hydrogen) atoms. The average Bonchev–Trinajstić information content (AvgIpc) is 3.21. The molecule has 0 atom stereocenters. The zero-order chi connectivity index (χ0) is 29.1. The van der Waals surface area contributed by atoms with Gasteiger partial charge in [0.2, 0.25) is 0 Å². The van der Waals surface area contributed by atoms with E-state index in [9.17, 15) is 4.79 Å². The number of ether oxygens (including phenoxy) is 2. The number of esters is 1. The number of rotatable bonds is 4. The van der Waals surface area contributed by atoms with Crippen molar-refractivity contribution in [2.45, 2.75) is 20.8 Å². The van der Waals surface area contributed by atoms with E-state index in [0.717, 1.165) is 27.5 Å². The zero-order valence-corrected chi connectivity index (χ0v) is 28.3. The van der Waals surface area contributed by atoms with Crippen LogP contribution in [0.3, 0.4) is 0 Å². The molecule has 4 aromatic rings. The third kappa shape index (κ3) is 8.30. The second-order valence-corrected chi connectivity index (χ2v) is 11.0. The molecule has 11 heteroatoms. The van der Waals surface area contributed by atoms with Gasteiger partial charge in [0, 0.05) is 45.1 Å². The van der Waals surface area contributed by atoms with E-state index < -0.39 is 0 Å². The smallest absolute Gasteiger partial charge is 0.308 e. The van der Waals surface area contributed by atoms with Crippen LogP contribution < -0.4 is 4.74 Å². The van der Waals surface area contributed by atoms with Crippen LogP contribution in [0.25, 0.3) is 10.8 Å². The number of hydrogen-bond donors (Lipinski definition) is 0. The van der Waals surface area contributed by atoms with Gasteiger partial charge in [0.15, 0.2) is 0 Å². The fourth-order valence-electron chi connectivity index (χ4n) is 4.24. The van der Waals surface area contributed by atoms with Crippen LogP contribution in [0.2, 0.25) is 20.1 Å². The Morgan fingerprint density at radius 3 is 1.53 bits per heavy atom. The number of methoxy groups -OCH3 is 2. The van der Waals surface area contributed by atoms with Gasteiger partial charge in [-0.25, -0.2) is 9.98 Å². The molecule has 0 fully saturated rings. The van der Waals surface area contributed by atoms with E-state index >= 15 is 0 Å². The molecule has 1 aliphatic carbocycles. The largest absolute Gasteiger partial charge is 0.497 e. The summed E-state index contributed by atoms with van der Waals surface area (Å²) in [6.45, 7) is 5.53. The summed E-state index contributed by atoms with van der Waals surface area (Å²) in [5.41, 5.74) is 5.05. The molecule has 0 amide bonds. The maximum Gasteiger partial charge on any atom is 0.308 e. The number of aryl methyl sites for hydroxylation is 1. The summed E-state index contributed by atoms with van der Waals surface area (Å²) < 4.78 is 9.64. The molecule has 0 saturated carbocycles. The van der Waals surface area contributed by atoms with Crippen molar-refractivity contribution in [2.75, 3.05) is 14.2 Å². The molecular formula is C32H31Cl4N2NiO4-. The van der Waals surface area contributed by atoms with Crippen LogP contribution in [0.5, 0.6) is 5.75 Å². The van der Waals surface area contributed by atoms with Crippen molar-refractivity contribution >= 4 is 85.9 Å². The fraction of sp³-hybridized carbons (Fsp3) is 0.188. The number of hydrogen-bond acceptors (Lipinski definition) is 5. The van der Waals surface area contributed by atoms with Gasteiger partial charge in [-0.2, -0.15) is 0 Å². The van der Waals surface area contributed by atoms with Gasteiger partial charge in [0.25, 0.3) is 0 Å². The monoisotopic (exact) mass is 705 g/mol. The van der Waals surface area contributed by atoms with Gasteiger partial charge < -0.3 is 22.4 Å². The molecule has 232 valence electrons. The van der Waals surface area contributed by atoms with Crippen LogP contribution >= 0.6 is 46.4 Å². The minimum Gasteiger partial charge on any atom is -0.497 e. The van der Waals surface area contributed by atoms with Gasteiger partial charge in [-0.3, -0.25) is 4.79 Å². The molecule has 0 spiro atoms. The molecule has 2 N–H and O–H groups in total. The van der Waals surface area contributed by atoms with Crippen LogP contribution in [0.4, 0.5) is 11.4 Å².